The summed E-state index contributed by atoms with van der Waals surface area (Å²) in [4.78, 5) is 22.1. The van der Waals surface area contributed by atoms with Gasteiger partial charge in [-0.15, -0.1) is 5.10 Å². The summed E-state index contributed by atoms with van der Waals surface area (Å²) in [5.41, 5.74) is 2.63. The number of imidazole rings is 1. The number of aryl methyl sites for hydroxylation is 1. The van der Waals surface area contributed by atoms with Crippen molar-refractivity contribution in [3.8, 4) is 34.5 Å². The minimum Gasteiger partial charge on any atom is -0.480 e. The van der Waals surface area contributed by atoms with Crippen LogP contribution in [-0.4, -0.2) is 53.0 Å². The fourth-order valence-corrected chi connectivity index (χ4v) is 4.77. The molecule has 1 fully saturated rings. The molecule has 1 aromatic carbocycles. The van der Waals surface area contributed by atoms with Crippen LogP contribution in [0.5, 0.6) is 11.8 Å². The molecule has 4 heterocycles. The molecule has 6 rings (SSSR count). The Kier molecular flexibility index (Phi) is 6.80. The number of alkyl halides is 3. The Hall–Kier alpha value is -4.55. The van der Waals surface area contributed by atoms with E-state index in [1.165, 1.54) is 10.9 Å². The highest BCUT2D eigenvalue weighted by Crippen LogP contribution is 2.45. The van der Waals surface area contributed by atoms with Crippen LogP contribution in [0.25, 0.3) is 33.8 Å². The van der Waals surface area contributed by atoms with Crippen LogP contribution in [0.15, 0.2) is 43.0 Å². The quantitative estimate of drug-likeness (QED) is 0.231. The van der Waals surface area contributed by atoms with Gasteiger partial charge in [-0.3, -0.25) is 0 Å². The van der Waals surface area contributed by atoms with Gasteiger partial charge in [-0.1, -0.05) is 24.3 Å². The summed E-state index contributed by atoms with van der Waals surface area (Å²) in [7, 11) is 1.55. The molecule has 0 radical (unpaired) electrons. The first-order chi connectivity index (χ1) is 19.8. The highest BCUT2D eigenvalue weighted by Gasteiger charge is 2.35. The van der Waals surface area contributed by atoms with Crippen LogP contribution in [0.2, 0.25) is 0 Å². The lowest BCUT2D eigenvalue weighted by molar-refractivity contribution is -0.140. The molecular formula is C28H27F3N8O2. The number of benzene rings is 1. The summed E-state index contributed by atoms with van der Waals surface area (Å²) >= 11 is 0. The molecule has 5 aromatic rings. The first-order valence-electron chi connectivity index (χ1n) is 13.3. The van der Waals surface area contributed by atoms with Crippen molar-refractivity contribution in [3.63, 3.8) is 0 Å². The largest absolute Gasteiger partial charge is 0.480 e. The van der Waals surface area contributed by atoms with Gasteiger partial charge in [0.2, 0.25) is 11.8 Å². The van der Waals surface area contributed by atoms with Crippen molar-refractivity contribution in [1.29, 1.82) is 0 Å². The molecule has 0 saturated heterocycles. The molecule has 212 valence electrons. The first-order valence-corrected chi connectivity index (χ1v) is 13.3. The molecule has 0 spiro atoms. The molecule has 0 unspecified atom stereocenters. The molecular weight excluding hydrogens is 537 g/mol. The Morgan fingerprint density at radius 3 is 2.44 bits per heavy atom. The molecule has 4 aromatic heterocycles. The van der Waals surface area contributed by atoms with E-state index in [0.29, 0.717) is 65.4 Å². The highest BCUT2D eigenvalue weighted by atomic mass is 19.4. The Labute approximate surface area is 233 Å². The second kappa shape index (κ2) is 10.5. The van der Waals surface area contributed by atoms with Crippen molar-refractivity contribution in [2.75, 3.05) is 13.7 Å². The smallest absolute Gasteiger partial charge is 0.434 e. The maximum Gasteiger partial charge on any atom is 0.434 e. The zero-order chi connectivity index (χ0) is 28.7. The molecule has 0 aliphatic heterocycles. The first kappa shape index (κ1) is 26.7. The van der Waals surface area contributed by atoms with E-state index in [1.807, 2.05) is 19.1 Å². The standard InChI is InChI=1S/C28H27F3N8O2/c1-4-38-14-20(28(29,30)31)35-24(38)18-8-6-16(7-9-18)13-39-25-19(26(37-39)41-5-2)12-32-23(36-25)21-22(17-10-11-17)33-15-34-27(21)40-3/h6-9,12,14-15,17H,4-5,10-11,13H2,1-3H3. The topological polar surface area (TPSA) is 106 Å². The number of halogens is 3. The van der Waals surface area contributed by atoms with Crippen molar-refractivity contribution in [2.45, 2.75) is 51.9 Å². The van der Waals surface area contributed by atoms with Crippen LogP contribution in [0.1, 0.15) is 49.6 Å². The van der Waals surface area contributed by atoms with Crippen LogP contribution >= 0.6 is 0 Å². The number of nitrogens with zero attached hydrogens (tertiary/aromatic N) is 8. The summed E-state index contributed by atoms with van der Waals surface area (Å²) in [5, 5.41) is 5.30. The fraction of sp³-hybridized carbons (Fsp3) is 0.357. The van der Waals surface area contributed by atoms with E-state index < -0.39 is 11.9 Å². The van der Waals surface area contributed by atoms with Crippen LogP contribution in [0.4, 0.5) is 13.2 Å². The second-order valence-electron chi connectivity index (χ2n) is 9.67. The van der Waals surface area contributed by atoms with E-state index in [4.69, 9.17) is 14.5 Å². The van der Waals surface area contributed by atoms with Crippen molar-refractivity contribution in [2.24, 2.45) is 0 Å². The maximum absolute atomic E-state index is 13.2. The monoisotopic (exact) mass is 564 g/mol. The van der Waals surface area contributed by atoms with Crippen LogP contribution in [-0.2, 0) is 19.3 Å². The fourth-order valence-electron chi connectivity index (χ4n) is 4.77. The summed E-state index contributed by atoms with van der Waals surface area (Å²) in [6, 6.07) is 7.19. The number of hydrogen-bond donors (Lipinski definition) is 0. The Bertz CT molecular complexity index is 1710. The highest BCUT2D eigenvalue weighted by molar-refractivity contribution is 5.83. The average Bonchev–Trinajstić information content (AvgIpc) is 3.64. The summed E-state index contributed by atoms with van der Waals surface area (Å²) in [6.07, 6.45) is 1.77. The van der Waals surface area contributed by atoms with E-state index in [9.17, 15) is 13.2 Å². The van der Waals surface area contributed by atoms with E-state index in [1.54, 1.807) is 37.0 Å². The molecule has 1 saturated carbocycles. The lowest BCUT2D eigenvalue weighted by Gasteiger charge is -2.11. The Morgan fingerprint density at radius 2 is 1.78 bits per heavy atom. The van der Waals surface area contributed by atoms with Gasteiger partial charge in [0.1, 0.15) is 23.1 Å². The third kappa shape index (κ3) is 5.07. The number of aromatic nitrogens is 8. The zero-order valence-electron chi connectivity index (χ0n) is 22.7. The Morgan fingerprint density at radius 1 is 1.00 bits per heavy atom. The van der Waals surface area contributed by atoms with Crippen molar-refractivity contribution >= 4 is 11.0 Å². The van der Waals surface area contributed by atoms with Gasteiger partial charge in [0.25, 0.3) is 0 Å². The van der Waals surface area contributed by atoms with Gasteiger partial charge in [0.15, 0.2) is 17.2 Å². The Balaban J connectivity index is 1.37. The third-order valence-corrected chi connectivity index (χ3v) is 6.91. The molecule has 41 heavy (non-hydrogen) atoms. The predicted molar refractivity (Wildman–Crippen MR) is 143 cm³/mol. The lowest BCUT2D eigenvalue weighted by atomic mass is 10.1. The van der Waals surface area contributed by atoms with Crippen molar-refractivity contribution in [1.82, 2.24) is 39.3 Å². The third-order valence-electron chi connectivity index (χ3n) is 6.91. The minimum absolute atomic E-state index is 0.262. The molecule has 10 nitrogen and oxygen atoms in total. The molecule has 0 amide bonds. The molecule has 1 aliphatic carbocycles. The van der Waals surface area contributed by atoms with Crippen LogP contribution < -0.4 is 9.47 Å². The number of rotatable bonds is 9. The lowest BCUT2D eigenvalue weighted by Crippen LogP contribution is -2.06. The van der Waals surface area contributed by atoms with Crippen LogP contribution in [0.3, 0.4) is 0 Å². The number of ether oxygens (including phenoxy) is 2. The van der Waals surface area contributed by atoms with Crippen LogP contribution in [0, 0.1) is 0 Å². The van der Waals surface area contributed by atoms with E-state index >= 15 is 0 Å². The number of methoxy groups -OCH3 is 1. The summed E-state index contributed by atoms with van der Waals surface area (Å²) < 4.78 is 54.3. The van der Waals surface area contributed by atoms with Gasteiger partial charge in [-0.2, -0.15) is 13.2 Å². The van der Waals surface area contributed by atoms with Crippen molar-refractivity contribution < 1.29 is 22.6 Å². The van der Waals surface area contributed by atoms with E-state index in [-0.39, 0.29) is 5.82 Å². The second-order valence-corrected chi connectivity index (χ2v) is 9.67. The molecule has 0 atom stereocenters. The number of fused-ring (bicyclic) bond motifs is 1. The van der Waals surface area contributed by atoms with Crippen molar-refractivity contribution in [3.05, 3.63) is 59.9 Å². The van der Waals surface area contributed by atoms with E-state index in [2.05, 4.69) is 25.0 Å². The zero-order valence-corrected chi connectivity index (χ0v) is 22.7. The minimum atomic E-state index is -4.51. The predicted octanol–water partition coefficient (Wildman–Crippen LogP) is 5.52. The molecule has 0 N–H and O–H groups in total. The molecule has 13 heteroatoms. The average molecular weight is 565 g/mol. The van der Waals surface area contributed by atoms with Gasteiger partial charge in [-0.25, -0.2) is 29.6 Å². The summed E-state index contributed by atoms with van der Waals surface area (Å²) in [5.74, 6) is 1.83. The maximum atomic E-state index is 13.2. The molecule has 0 bridgehead atoms. The SMILES string of the molecule is CCOc1nn(Cc2ccc(-c3nc(C(F)(F)F)cn3CC)cc2)c2nc(-c3c(OC)ncnc3C3CC3)ncc12. The van der Waals surface area contributed by atoms with E-state index in [0.717, 1.165) is 30.3 Å². The van der Waals surface area contributed by atoms with Gasteiger partial charge in [-0.05, 0) is 32.3 Å². The molecule has 1 aliphatic rings. The van der Waals surface area contributed by atoms with Gasteiger partial charge < -0.3 is 14.0 Å². The normalized spacial score (nSPS) is 13.6. The van der Waals surface area contributed by atoms with Gasteiger partial charge in [0, 0.05) is 30.4 Å². The van der Waals surface area contributed by atoms with Gasteiger partial charge >= 0.3 is 6.18 Å². The number of hydrogen-bond acceptors (Lipinski definition) is 8. The van der Waals surface area contributed by atoms with Gasteiger partial charge in [0.05, 0.1) is 26.0 Å². The summed E-state index contributed by atoms with van der Waals surface area (Å²) in [6.45, 7) is 4.77.